The molecule has 0 radical (unpaired) electrons. The van der Waals surface area contributed by atoms with Gasteiger partial charge in [0.2, 0.25) is 11.0 Å². The van der Waals surface area contributed by atoms with Crippen LogP contribution in [0, 0.1) is 5.92 Å². The van der Waals surface area contributed by atoms with Crippen molar-refractivity contribution in [2.24, 2.45) is 5.92 Å². The first-order valence-electron chi connectivity index (χ1n) is 15.9. The van der Waals surface area contributed by atoms with Crippen LogP contribution in [0.3, 0.4) is 0 Å². The van der Waals surface area contributed by atoms with Gasteiger partial charge in [-0.05, 0) is 66.8 Å². The molecule has 1 N–H and O–H groups in total. The number of anilines is 2. The summed E-state index contributed by atoms with van der Waals surface area (Å²) in [4.78, 5) is 4.70. The van der Waals surface area contributed by atoms with E-state index in [1.54, 1.807) is 0 Å². The third-order valence-corrected chi connectivity index (χ3v) is 9.29. The van der Waals surface area contributed by atoms with Crippen LogP contribution in [0.4, 0.5) is 17.1 Å². The normalized spacial score (nSPS) is 15.8. The SMILES string of the molecule is CN(c1ccccc1)c1ccc2c(-c3ccccc3CN3CCCC(CO)C3)c3ccc(=[N+](C)c4ccccc4)cc-3oc2c1.[Cl-]. The minimum Gasteiger partial charge on any atom is -1.00 e. The summed E-state index contributed by atoms with van der Waals surface area (Å²) in [5, 5.41) is 12.0. The largest absolute Gasteiger partial charge is 1.00 e. The van der Waals surface area contributed by atoms with E-state index in [0.717, 1.165) is 77.2 Å². The Labute approximate surface area is 277 Å². The lowest BCUT2D eigenvalue weighted by molar-refractivity contribution is -0.0000104. The van der Waals surface area contributed by atoms with E-state index in [2.05, 4.69) is 138 Å². The molecule has 0 aromatic heterocycles. The first-order chi connectivity index (χ1) is 22.1. The van der Waals surface area contributed by atoms with E-state index in [0.29, 0.717) is 5.92 Å². The third kappa shape index (κ3) is 6.32. The van der Waals surface area contributed by atoms with Crippen LogP contribution in [-0.2, 0) is 6.54 Å². The molecule has 0 saturated carbocycles. The number of fused-ring (bicyclic) bond motifs is 2. The molecule has 0 bridgehead atoms. The number of piperidine rings is 1. The lowest BCUT2D eigenvalue weighted by Gasteiger charge is -2.32. The molecule has 234 valence electrons. The molecule has 1 fully saturated rings. The van der Waals surface area contributed by atoms with Crippen LogP contribution in [0.1, 0.15) is 18.4 Å². The van der Waals surface area contributed by atoms with Crippen molar-refractivity contribution >= 4 is 28.0 Å². The fourth-order valence-electron chi connectivity index (χ4n) is 6.76. The molecule has 7 rings (SSSR count). The predicted octanol–water partition coefficient (Wildman–Crippen LogP) is 4.91. The molecule has 2 heterocycles. The maximum atomic E-state index is 9.87. The van der Waals surface area contributed by atoms with Gasteiger partial charge in [0.15, 0.2) is 0 Å². The minimum atomic E-state index is 0. The molecule has 1 saturated heterocycles. The van der Waals surface area contributed by atoms with Gasteiger partial charge in [0.1, 0.15) is 18.4 Å². The number of likely N-dealkylation sites (tertiary alicyclic amines) is 1. The second-order valence-corrected chi connectivity index (χ2v) is 12.2. The highest BCUT2D eigenvalue weighted by Crippen LogP contribution is 2.42. The van der Waals surface area contributed by atoms with Crippen molar-refractivity contribution in [1.82, 2.24) is 9.48 Å². The third-order valence-electron chi connectivity index (χ3n) is 9.29. The number of para-hydroxylation sites is 2. The Morgan fingerprint density at radius 3 is 2.35 bits per heavy atom. The standard InChI is InChI=1S/C40H40N3O2.ClH/c1-41(31-14-5-3-6-15-31)33-19-21-36-38(24-33)45-39-25-34(42(2)32-16-7-4-8-17-32)20-22-37(39)40(36)35-18-10-9-13-30(35)27-43-23-11-12-29(26-43)28-44;/h3-10,13-22,24-25,29,44H,11-12,23,26-28H2,1-2H3;1H/q+1;/p-1. The zero-order valence-corrected chi connectivity index (χ0v) is 27.2. The van der Waals surface area contributed by atoms with Gasteiger partial charge in [-0.2, -0.15) is 4.58 Å². The molecule has 1 unspecified atom stereocenters. The van der Waals surface area contributed by atoms with Gasteiger partial charge in [-0.25, -0.2) is 0 Å². The Morgan fingerprint density at radius 1 is 0.826 bits per heavy atom. The fourth-order valence-corrected chi connectivity index (χ4v) is 6.76. The van der Waals surface area contributed by atoms with Gasteiger partial charge in [0.05, 0.1) is 6.07 Å². The van der Waals surface area contributed by atoms with Crippen molar-refractivity contribution in [3.63, 3.8) is 0 Å². The molecule has 5 nitrogen and oxygen atoms in total. The van der Waals surface area contributed by atoms with Crippen LogP contribution >= 0.6 is 0 Å². The molecule has 4 aromatic carbocycles. The minimum absolute atomic E-state index is 0. The summed E-state index contributed by atoms with van der Waals surface area (Å²) in [6, 6.07) is 42.8. The van der Waals surface area contributed by atoms with Crippen molar-refractivity contribution in [2.75, 3.05) is 38.7 Å². The second kappa shape index (κ2) is 13.9. The van der Waals surface area contributed by atoms with Crippen LogP contribution in [0.5, 0.6) is 0 Å². The first kappa shape index (κ1) is 31.6. The molecule has 4 aromatic rings. The van der Waals surface area contributed by atoms with Crippen molar-refractivity contribution in [1.29, 1.82) is 0 Å². The number of nitrogens with zero attached hydrogens (tertiary/aromatic N) is 3. The van der Waals surface area contributed by atoms with E-state index in [4.69, 9.17) is 4.42 Å². The smallest absolute Gasteiger partial charge is 0.209 e. The highest BCUT2D eigenvalue weighted by atomic mass is 35.5. The summed E-state index contributed by atoms with van der Waals surface area (Å²) in [5.74, 6) is 1.20. The van der Waals surface area contributed by atoms with E-state index in [1.165, 1.54) is 16.7 Å². The van der Waals surface area contributed by atoms with Crippen molar-refractivity contribution < 1.29 is 21.9 Å². The van der Waals surface area contributed by atoms with Gasteiger partial charge in [-0.1, -0.05) is 60.7 Å². The summed E-state index contributed by atoms with van der Waals surface area (Å²) in [6.45, 7) is 3.10. The number of aliphatic hydroxyl groups excluding tert-OH is 1. The van der Waals surface area contributed by atoms with Crippen LogP contribution in [0.25, 0.3) is 33.4 Å². The van der Waals surface area contributed by atoms with Gasteiger partial charge in [-0.3, -0.25) is 4.90 Å². The molecule has 0 spiro atoms. The van der Waals surface area contributed by atoms with Crippen molar-refractivity contribution in [2.45, 2.75) is 19.4 Å². The average molecular weight is 630 g/mol. The fraction of sp³-hybridized carbons (Fsp3) is 0.225. The van der Waals surface area contributed by atoms with E-state index >= 15 is 0 Å². The Balaban J connectivity index is 0.00000372. The molecular weight excluding hydrogens is 590 g/mol. The second-order valence-electron chi connectivity index (χ2n) is 12.2. The Morgan fingerprint density at radius 2 is 1.57 bits per heavy atom. The van der Waals surface area contributed by atoms with E-state index in [1.807, 2.05) is 12.1 Å². The predicted molar refractivity (Wildman–Crippen MR) is 185 cm³/mol. The van der Waals surface area contributed by atoms with Crippen molar-refractivity contribution in [3.05, 3.63) is 132 Å². The van der Waals surface area contributed by atoms with Gasteiger partial charge in [0, 0.05) is 78.9 Å². The van der Waals surface area contributed by atoms with Crippen LogP contribution < -0.4 is 27.2 Å². The Kier molecular flexibility index (Phi) is 9.55. The molecular formula is C40H40ClN3O2. The summed E-state index contributed by atoms with van der Waals surface area (Å²) in [7, 11) is 4.19. The van der Waals surface area contributed by atoms with Crippen molar-refractivity contribution in [3.8, 4) is 22.5 Å². The number of rotatable bonds is 7. The first-order valence-corrected chi connectivity index (χ1v) is 15.9. The number of halogens is 1. The van der Waals surface area contributed by atoms with E-state index < -0.39 is 0 Å². The van der Waals surface area contributed by atoms with Gasteiger partial charge in [0.25, 0.3) is 0 Å². The Hall–Kier alpha value is -4.42. The van der Waals surface area contributed by atoms with Gasteiger partial charge >= 0.3 is 0 Å². The Bertz CT molecular complexity index is 1970. The molecule has 1 aliphatic carbocycles. The molecule has 46 heavy (non-hydrogen) atoms. The van der Waals surface area contributed by atoms with Crippen LogP contribution in [-0.4, -0.2) is 43.8 Å². The molecule has 6 heteroatoms. The lowest BCUT2D eigenvalue weighted by atomic mass is 9.90. The maximum absolute atomic E-state index is 9.87. The van der Waals surface area contributed by atoms with Gasteiger partial charge in [-0.15, -0.1) is 0 Å². The monoisotopic (exact) mass is 629 g/mol. The summed E-state index contributed by atoms with van der Waals surface area (Å²) in [5.41, 5.74) is 8.97. The van der Waals surface area contributed by atoms with Crippen LogP contribution in [0.2, 0.25) is 0 Å². The number of hydrogen-bond donors (Lipinski definition) is 1. The highest BCUT2D eigenvalue weighted by molar-refractivity contribution is 6.03. The number of benzene rings is 5. The quantitative estimate of drug-likeness (QED) is 0.201. The highest BCUT2D eigenvalue weighted by Gasteiger charge is 2.24. The summed E-state index contributed by atoms with van der Waals surface area (Å²) < 4.78 is 8.98. The zero-order valence-electron chi connectivity index (χ0n) is 26.4. The molecule has 1 atom stereocenters. The van der Waals surface area contributed by atoms with E-state index in [9.17, 15) is 5.11 Å². The maximum Gasteiger partial charge on any atom is 0.209 e. The zero-order chi connectivity index (χ0) is 30.8. The summed E-state index contributed by atoms with van der Waals surface area (Å²) >= 11 is 0. The van der Waals surface area contributed by atoms with E-state index in [-0.39, 0.29) is 19.0 Å². The molecule has 2 aliphatic heterocycles. The van der Waals surface area contributed by atoms with Crippen LogP contribution in [0.15, 0.2) is 126 Å². The topological polar surface area (TPSA) is 42.9 Å². The number of hydrogen-bond acceptors (Lipinski definition) is 4. The number of aliphatic hydroxyl groups is 1. The van der Waals surface area contributed by atoms with Gasteiger partial charge < -0.3 is 26.8 Å². The lowest BCUT2D eigenvalue weighted by Crippen LogP contribution is -3.00. The summed E-state index contributed by atoms with van der Waals surface area (Å²) in [6.07, 6.45) is 2.22. The molecule has 3 aliphatic rings. The molecule has 0 amide bonds. The average Bonchev–Trinajstić information content (AvgIpc) is 3.10.